The molecule has 0 bridgehead atoms. The zero-order chi connectivity index (χ0) is 37.3. The molecule has 3 rings (SSSR count). The van der Waals surface area contributed by atoms with Gasteiger partial charge >= 0.3 is 12.1 Å². The lowest BCUT2D eigenvalue weighted by atomic mass is 10.2. The van der Waals surface area contributed by atoms with E-state index in [-0.39, 0.29) is 47.7 Å². The second-order valence-corrected chi connectivity index (χ2v) is 15.7. The van der Waals surface area contributed by atoms with E-state index in [9.17, 15) is 22.8 Å². The number of methoxy groups -OCH3 is 1. The summed E-state index contributed by atoms with van der Waals surface area (Å²) in [6.07, 6.45) is -0.586. The lowest BCUT2D eigenvalue weighted by Gasteiger charge is -2.25. The average molecular weight is 753 g/mol. The molecule has 1 heterocycles. The van der Waals surface area contributed by atoms with Crippen LogP contribution in [0.3, 0.4) is 0 Å². The monoisotopic (exact) mass is 752 g/mol. The fraction of sp³-hybridized carbons (Fsp3) is 0.406. The molecule has 2 amide bonds. The fourth-order valence-corrected chi connectivity index (χ4v) is 6.66. The normalized spacial score (nSPS) is 11.6. The molecular formula is C32H41FN6O8S3. The highest BCUT2D eigenvalue weighted by Gasteiger charge is 2.33. The summed E-state index contributed by atoms with van der Waals surface area (Å²) in [5.74, 6) is -1.96. The predicted octanol–water partition coefficient (Wildman–Crippen LogP) is 4.57. The minimum absolute atomic E-state index is 0.0240. The van der Waals surface area contributed by atoms with Crippen LogP contribution >= 0.6 is 23.6 Å². The van der Waals surface area contributed by atoms with Crippen LogP contribution in [0.5, 0.6) is 5.75 Å². The van der Waals surface area contributed by atoms with Crippen molar-refractivity contribution in [3.8, 4) is 5.75 Å². The Labute approximate surface area is 300 Å². The summed E-state index contributed by atoms with van der Waals surface area (Å²) >= 11 is 6.03. The van der Waals surface area contributed by atoms with E-state index in [1.165, 1.54) is 12.6 Å². The van der Waals surface area contributed by atoms with E-state index in [0.717, 1.165) is 33.8 Å². The zero-order valence-corrected chi connectivity index (χ0v) is 31.2. The quantitative estimate of drug-likeness (QED) is 0.109. The van der Waals surface area contributed by atoms with Crippen LogP contribution in [0.2, 0.25) is 0 Å². The number of carbonyl (C=O) groups is 3. The number of anilines is 2. The molecular weight excluding hydrogens is 712 g/mol. The Bertz CT molecular complexity index is 1790. The number of nitrogens with one attached hydrogen (secondary N) is 4. The molecule has 0 atom stereocenters. The van der Waals surface area contributed by atoms with Crippen LogP contribution in [-0.4, -0.2) is 74.4 Å². The first-order valence-corrected chi connectivity index (χ1v) is 17.9. The van der Waals surface area contributed by atoms with E-state index in [0.29, 0.717) is 11.3 Å². The Morgan fingerprint density at radius 3 is 2.18 bits per heavy atom. The Kier molecular flexibility index (Phi) is 13.5. The summed E-state index contributed by atoms with van der Waals surface area (Å²) < 4.78 is 60.3. The van der Waals surface area contributed by atoms with Crippen LogP contribution < -0.4 is 30.3 Å². The lowest BCUT2D eigenvalue weighted by Crippen LogP contribution is -2.43. The van der Waals surface area contributed by atoms with Gasteiger partial charge in [-0.15, -0.1) is 11.3 Å². The summed E-state index contributed by atoms with van der Waals surface area (Å²) in [7, 11) is -3.02. The van der Waals surface area contributed by atoms with E-state index in [2.05, 4.69) is 26.3 Å². The highest BCUT2D eigenvalue weighted by Crippen LogP contribution is 2.34. The van der Waals surface area contributed by atoms with Crippen LogP contribution in [0.15, 0.2) is 52.9 Å². The number of benzene rings is 2. The van der Waals surface area contributed by atoms with Crippen LogP contribution in [0.4, 0.5) is 19.9 Å². The van der Waals surface area contributed by atoms with E-state index >= 15 is 4.39 Å². The first-order chi connectivity index (χ1) is 23.3. The van der Waals surface area contributed by atoms with E-state index < -0.39 is 49.9 Å². The van der Waals surface area contributed by atoms with Crippen molar-refractivity contribution >= 4 is 67.3 Å². The largest absolute Gasteiger partial charge is 0.497 e. The van der Waals surface area contributed by atoms with Crippen molar-refractivity contribution in [2.24, 2.45) is 0 Å². The van der Waals surface area contributed by atoms with Gasteiger partial charge < -0.3 is 35.5 Å². The number of esters is 1. The number of sulfonamides is 1. The van der Waals surface area contributed by atoms with E-state index in [1.54, 1.807) is 65.8 Å². The van der Waals surface area contributed by atoms with Gasteiger partial charge in [0.25, 0.3) is 10.0 Å². The molecule has 50 heavy (non-hydrogen) atoms. The van der Waals surface area contributed by atoms with Gasteiger partial charge in [-0.1, -0.05) is 12.1 Å². The number of rotatable bonds is 13. The van der Waals surface area contributed by atoms with Gasteiger partial charge in [-0.3, -0.25) is 9.10 Å². The number of alkyl carbamates (subject to hydrolysis) is 1. The SMILES string of the molecule is COc1ccc(CN(c2scnc2C(=O)OC(C)(C)C)S(=O)(=O)c2ccc(NC(=O)CNC(=S)NCCNC(=O)OC(C)(C)C)c(F)c2)cc1. The highest BCUT2D eigenvalue weighted by molar-refractivity contribution is 7.93. The highest BCUT2D eigenvalue weighted by atomic mass is 32.2. The van der Waals surface area contributed by atoms with Gasteiger partial charge in [0.2, 0.25) is 5.91 Å². The number of hydrogen-bond donors (Lipinski definition) is 4. The third-order valence-electron chi connectivity index (χ3n) is 6.14. The predicted molar refractivity (Wildman–Crippen MR) is 192 cm³/mol. The number of ether oxygens (including phenoxy) is 3. The third-order valence-corrected chi connectivity index (χ3v) is 9.14. The van der Waals surface area contributed by atoms with E-state index in [4.69, 9.17) is 26.4 Å². The van der Waals surface area contributed by atoms with Gasteiger partial charge in [0.15, 0.2) is 10.8 Å². The molecule has 0 unspecified atom stereocenters. The maximum atomic E-state index is 15.3. The molecule has 3 aromatic rings. The second kappa shape index (κ2) is 16.9. The molecule has 0 spiro atoms. The van der Waals surface area contributed by atoms with Gasteiger partial charge in [0.05, 0.1) is 36.3 Å². The number of thiazole rings is 1. The van der Waals surface area contributed by atoms with Crippen molar-refractivity contribution in [1.29, 1.82) is 0 Å². The molecule has 0 radical (unpaired) electrons. The molecule has 0 aliphatic rings. The molecule has 0 saturated heterocycles. The van der Waals surface area contributed by atoms with Crippen molar-refractivity contribution in [3.05, 3.63) is 65.0 Å². The van der Waals surface area contributed by atoms with Crippen LogP contribution in [0.1, 0.15) is 57.6 Å². The number of aromatic nitrogens is 1. The van der Waals surface area contributed by atoms with Gasteiger partial charge in [0.1, 0.15) is 27.8 Å². The summed E-state index contributed by atoms with van der Waals surface area (Å²) in [5.41, 5.74) is -0.139. The molecule has 18 heteroatoms. The summed E-state index contributed by atoms with van der Waals surface area (Å²) in [6.45, 7) is 10.1. The van der Waals surface area contributed by atoms with Gasteiger partial charge in [-0.2, -0.15) is 0 Å². The maximum absolute atomic E-state index is 15.3. The summed E-state index contributed by atoms with van der Waals surface area (Å²) in [5, 5.41) is 10.5. The number of thiocarbonyl (C=S) groups is 1. The van der Waals surface area contributed by atoms with Crippen molar-refractivity contribution in [2.45, 2.75) is 64.2 Å². The minimum Gasteiger partial charge on any atom is -0.497 e. The maximum Gasteiger partial charge on any atom is 0.407 e. The topological polar surface area (TPSA) is 177 Å². The van der Waals surface area contributed by atoms with Crippen molar-refractivity contribution in [3.63, 3.8) is 0 Å². The number of hydrogen-bond acceptors (Lipinski definition) is 11. The summed E-state index contributed by atoms with van der Waals surface area (Å²) in [6, 6.07) is 9.65. The molecule has 2 aromatic carbocycles. The fourth-order valence-electron chi connectivity index (χ4n) is 4.00. The molecule has 0 aliphatic heterocycles. The van der Waals surface area contributed by atoms with E-state index in [1.807, 2.05) is 0 Å². The van der Waals surface area contributed by atoms with Crippen LogP contribution in [0.25, 0.3) is 0 Å². The molecule has 0 aliphatic carbocycles. The number of halogens is 1. The van der Waals surface area contributed by atoms with Crippen LogP contribution in [0, 0.1) is 5.82 Å². The minimum atomic E-state index is -4.51. The van der Waals surface area contributed by atoms with Crippen molar-refractivity contribution in [2.75, 3.05) is 36.4 Å². The van der Waals surface area contributed by atoms with Gasteiger partial charge in [-0.25, -0.2) is 27.4 Å². The Morgan fingerprint density at radius 1 is 0.940 bits per heavy atom. The first kappa shape index (κ1) is 39.9. The number of nitrogens with zero attached hydrogens (tertiary/aromatic N) is 2. The van der Waals surface area contributed by atoms with Crippen LogP contribution in [-0.2, 0) is 30.8 Å². The van der Waals surface area contributed by atoms with Gasteiger partial charge in [0, 0.05) is 13.1 Å². The second-order valence-electron chi connectivity index (χ2n) is 12.6. The van der Waals surface area contributed by atoms with Gasteiger partial charge in [-0.05, 0) is 89.7 Å². The molecule has 0 saturated carbocycles. The zero-order valence-electron chi connectivity index (χ0n) is 28.7. The molecule has 272 valence electrons. The van der Waals surface area contributed by atoms with Crippen molar-refractivity contribution < 1.29 is 41.4 Å². The average Bonchev–Trinajstić information content (AvgIpc) is 3.50. The Morgan fingerprint density at radius 2 is 1.58 bits per heavy atom. The molecule has 0 fully saturated rings. The lowest BCUT2D eigenvalue weighted by molar-refractivity contribution is -0.115. The van der Waals surface area contributed by atoms with Crippen molar-refractivity contribution in [1.82, 2.24) is 20.9 Å². The third kappa shape index (κ3) is 12.1. The number of amides is 2. The smallest absolute Gasteiger partial charge is 0.407 e. The Hall–Kier alpha value is -4.55. The summed E-state index contributed by atoms with van der Waals surface area (Å²) in [4.78, 5) is 40.9. The molecule has 14 nitrogen and oxygen atoms in total. The standard InChI is InChI=1S/C32H41FN6O8S3/c1-31(2,3)46-28(41)26-27(49-19-37-26)39(18-20-8-10-21(45-7)11-9-20)50(43,44)22-12-13-24(23(33)16-22)38-25(40)17-36-29(48)34-14-15-35-30(42)47-32(4,5)6/h8-13,16,19H,14-15,17-18H2,1-7H3,(H,35,42)(H,38,40)(H2,34,36,48). The Balaban J connectivity index is 1.73. The molecule has 1 aromatic heterocycles. The molecule has 4 N–H and O–H groups in total. The first-order valence-electron chi connectivity index (χ1n) is 15.2. The number of carbonyl (C=O) groups excluding carboxylic acids is 3.